The van der Waals surface area contributed by atoms with Crippen LogP contribution >= 0.6 is 0 Å². The van der Waals surface area contributed by atoms with Crippen molar-refractivity contribution < 1.29 is 28.8 Å². The molecule has 0 aliphatic carbocycles. The maximum Gasteiger partial charge on any atom is 0.312 e. The van der Waals surface area contributed by atoms with Gasteiger partial charge in [0.1, 0.15) is 5.78 Å². The van der Waals surface area contributed by atoms with Crippen molar-refractivity contribution in [2.24, 2.45) is 35.3 Å². The first kappa shape index (κ1) is 34.2. The normalized spacial score (nSPS) is 17.2. The average Bonchev–Trinajstić information content (AvgIpc) is 3.11. The maximum absolute atomic E-state index is 13.1. The number of primary amides is 1. The third kappa shape index (κ3) is 12.3. The fraction of sp³-hybridized carbons (Fsp3) is 0.793. The second kappa shape index (κ2) is 17.0. The Kier molecular flexibility index (Phi) is 14.9. The fourth-order valence-corrected chi connectivity index (χ4v) is 4.87. The third-order valence-corrected chi connectivity index (χ3v) is 7.29. The third-order valence-electron chi connectivity index (χ3n) is 7.29. The molecule has 0 saturated carbocycles. The number of hydrogen-bond donors (Lipinski definition) is 3. The number of nitrogens with zero attached hydrogens (tertiary/aromatic N) is 1. The summed E-state index contributed by atoms with van der Waals surface area (Å²) < 4.78 is 0. The smallest absolute Gasteiger partial charge is 0.312 e. The van der Waals surface area contributed by atoms with Crippen molar-refractivity contribution in [3.8, 4) is 0 Å². The first-order valence-electron chi connectivity index (χ1n) is 14.5. The van der Waals surface area contributed by atoms with E-state index >= 15 is 0 Å². The van der Waals surface area contributed by atoms with E-state index < -0.39 is 18.0 Å². The zero-order chi connectivity index (χ0) is 29.7. The number of ketones is 2. The summed E-state index contributed by atoms with van der Waals surface area (Å²) in [6.45, 7) is 12.2. The molecule has 1 aliphatic rings. The molecule has 0 spiro atoms. The number of rotatable bonds is 19. The van der Waals surface area contributed by atoms with E-state index in [9.17, 15) is 28.8 Å². The first-order valence-corrected chi connectivity index (χ1v) is 14.5. The molecular formula is C29H50N4O6. The molecular weight excluding hydrogens is 500 g/mol. The van der Waals surface area contributed by atoms with E-state index in [0.29, 0.717) is 58.0 Å². The summed E-state index contributed by atoms with van der Waals surface area (Å²) in [7, 11) is 0. The summed E-state index contributed by atoms with van der Waals surface area (Å²) in [4.78, 5) is 75.5. The fourth-order valence-electron chi connectivity index (χ4n) is 4.87. The van der Waals surface area contributed by atoms with Crippen LogP contribution in [0.4, 0.5) is 4.79 Å². The Morgan fingerprint density at radius 3 is 2.15 bits per heavy atom. The second-order valence-electron chi connectivity index (χ2n) is 11.9. The van der Waals surface area contributed by atoms with E-state index in [2.05, 4.69) is 10.6 Å². The molecule has 1 unspecified atom stereocenters. The largest absolute Gasteiger partial charge is 0.352 e. The molecule has 1 heterocycles. The van der Waals surface area contributed by atoms with E-state index in [4.69, 9.17) is 5.73 Å². The molecule has 0 aromatic carbocycles. The summed E-state index contributed by atoms with van der Waals surface area (Å²) in [5, 5.41) is 5.36. The average molecular weight is 551 g/mol. The van der Waals surface area contributed by atoms with Crippen molar-refractivity contribution in [2.45, 2.75) is 105 Å². The topological polar surface area (TPSA) is 156 Å². The lowest BCUT2D eigenvalue weighted by Crippen LogP contribution is -2.46. The molecule has 0 radical (unpaired) electrons. The Hall–Kier alpha value is -2.78. The lowest BCUT2D eigenvalue weighted by molar-refractivity contribution is -0.139. The van der Waals surface area contributed by atoms with E-state index in [1.54, 1.807) is 0 Å². The molecule has 222 valence electrons. The molecule has 0 aromatic rings. The van der Waals surface area contributed by atoms with Gasteiger partial charge in [-0.25, -0.2) is 4.79 Å². The zero-order valence-corrected chi connectivity index (χ0v) is 24.7. The van der Waals surface area contributed by atoms with Gasteiger partial charge in [0.2, 0.25) is 17.7 Å². The van der Waals surface area contributed by atoms with Gasteiger partial charge in [0, 0.05) is 50.6 Å². The van der Waals surface area contributed by atoms with E-state index in [0.717, 1.165) is 0 Å². The molecule has 0 bridgehead atoms. The minimum atomic E-state index is -0.683. The highest BCUT2D eigenvalue weighted by Gasteiger charge is 2.39. The predicted molar refractivity (Wildman–Crippen MR) is 149 cm³/mol. The molecule has 4 N–H and O–H groups in total. The molecule has 10 nitrogen and oxygen atoms in total. The van der Waals surface area contributed by atoms with Gasteiger partial charge in [-0.05, 0) is 43.4 Å². The highest BCUT2D eigenvalue weighted by molar-refractivity contribution is 6.03. The van der Waals surface area contributed by atoms with Crippen LogP contribution in [-0.2, 0) is 24.0 Å². The molecule has 1 fully saturated rings. The van der Waals surface area contributed by atoms with E-state index in [1.165, 1.54) is 4.90 Å². The van der Waals surface area contributed by atoms with Crippen molar-refractivity contribution in [2.75, 3.05) is 13.1 Å². The molecule has 1 saturated heterocycles. The van der Waals surface area contributed by atoms with Crippen molar-refractivity contribution in [3.05, 3.63) is 0 Å². The number of hydrogen-bond acceptors (Lipinski definition) is 6. The van der Waals surface area contributed by atoms with Crippen LogP contribution in [0.2, 0.25) is 0 Å². The van der Waals surface area contributed by atoms with Crippen molar-refractivity contribution in [3.63, 3.8) is 0 Å². The molecule has 0 aromatic heterocycles. The number of Topliss-reactive ketones (excluding diaryl/α,β-unsaturated/α-hetero) is 2. The van der Waals surface area contributed by atoms with Gasteiger partial charge in [-0.1, -0.05) is 48.0 Å². The van der Waals surface area contributed by atoms with Crippen LogP contribution in [0.3, 0.4) is 0 Å². The molecule has 10 heteroatoms. The number of urea groups is 1. The Balaban J connectivity index is 2.57. The minimum absolute atomic E-state index is 0.0206. The van der Waals surface area contributed by atoms with Gasteiger partial charge in [0.15, 0.2) is 5.78 Å². The quantitative estimate of drug-likeness (QED) is 0.165. The van der Waals surface area contributed by atoms with Gasteiger partial charge >= 0.3 is 6.03 Å². The maximum atomic E-state index is 13.1. The second-order valence-corrected chi connectivity index (χ2v) is 11.9. The lowest BCUT2D eigenvalue weighted by atomic mass is 9.88. The molecule has 1 aliphatic heterocycles. The van der Waals surface area contributed by atoms with Crippen LogP contribution in [0, 0.1) is 29.6 Å². The number of nitrogens with one attached hydrogen (secondary N) is 2. The summed E-state index contributed by atoms with van der Waals surface area (Å²) in [6, 6.07) is -1.32. The SMILES string of the molecule is CC(C)CC(=O)[C@H](CCCNC(N)=O)NC(=O)[C@@H](CC(=O)CCCCCN1C(=O)CC(C(C)C)C1=O)C(C)C. The summed E-state index contributed by atoms with van der Waals surface area (Å²) >= 11 is 0. The van der Waals surface area contributed by atoms with Crippen molar-refractivity contribution in [1.82, 2.24) is 15.5 Å². The van der Waals surface area contributed by atoms with Crippen molar-refractivity contribution in [1.29, 1.82) is 0 Å². The van der Waals surface area contributed by atoms with Crippen LogP contribution < -0.4 is 16.4 Å². The first-order chi connectivity index (χ1) is 18.2. The molecule has 5 amide bonds. The monoisotopic (exact) mass is 550 g/mol. The van der Waals surface area contributed by atoms with E-state index in [-0.39, 0.29) is 65.8 Å². The number of unbranched alkanes of at least 4 members (excludes halogenated alkanes) is 2. The summed E-state index contributed by atoms with van der Waals surface area (Å²) in [5.74, 6) is -1.20. The van der Waals surface area contributed by atoms with Crippen LogP contribution in [-0.4, -0.2) is 59.4 Å². The van der Waals surface area contributed by atoms with Crippen LogP contribution in [0.25, 0.3) is 0 Å². The Morgan fingerprint density at radius 1 is 0.949 bits per heavy atom. The Bertz CT molecular complexity index is 870. The number of likely N-dealkylation sites (tertiary alicyclic amines) is 1. The number of nitrogens with two attached hydrogens (primary N) is 1. The summed E-state index contributed by atoms with van der Waals surface area (Å²) in [5.41, 5.74) is 5.09. The van der Waals surface area contributed by atoms with Gasteiger partial charge in [-0.15, -0.1) is 0 Å². The van der Waals surface area contributed by atoms with Gasteiger partial charge in [-0.3, -0.25) is 28.9 Å². The van der Waals surface area contributed by atoms with Gasteiger partial charge < -0.3 is 16.4 Å². The van der Waals surface area contributed by atoms with Crippen molar-refractivity contribution >= 4 is 35.3 Å². The predicted octanol–water partition coefficient (Wildman–Crippen LogP) is 3.36. The number of imide groups is 1. The highest BCUT2D eigenvalue weighted by Crippen LogP contribution is 2.26. The highest BCUT2D eigenvalue weighted by atomic mass is 16.2. The molecule has 3 atom stereocenters. The van der Waals surface area contributed by atoms with Gasteiger partial charge in [0.25, 0.3) is 0 Å². The number of amides is 5. The van der Waals surface area contributed by atoms with E-state index in [1.807, 2.05) is 41.5 Å². The van der Waals surface area contributed by atoms with Gasteiger partial charge in [-0.2, -0.15) is 0 Å². The number of carbonyl (C=O) groups excluding carboxylic acids is 6. The standard InChI is InChI=1S/C29H50N4O6/c1-18(2)15-25(35)24(12-10-13-31-29(30)39)32-27(37)22(19(3)4)16-21(34)11-8-7-9-14-33-26(36)17-23(20(5)6)28(33)38/h18-20,22-24H,7-17H2,1-6H3,(H,32,37)(H3,30,31,39)/t22-,23?,24-/m0/s1. The van der Waals surface area contributed by atoms with Crippen LogP contribution in [0.15, 0.2) is 0 Å². The Morgan fingerprint density at radius 2 is 1.62 bits per heavy atom. The van der Waals surface area contributed by atoms with Gasteiger partial charge in [0.05, 0.1) is 6.04 Å². The number of carbonyl (C=O) groups is 6. The lowest BCUT2D eigenvalue weighted by Gasteiger charge is -2.24. The molecule has 39 heavy (non-hydrogen) atoms. The van der Waals surface area contributed by atoms with Crippen LogP contribution in [0.5, 0.6) is 0 Å². The van der Waals surface area contributed by atoms with Crippen LogP contribution in [0.1, 0.15) is 99.3 Å². The molecule has 1 rings (SSSR count). The minimum Gasteiger partial charge on any atom is -0.352 e. The summed E-state index contributed by atoms with van der Waals surface area (Å²) in [6.07, 6.45) is 3.85. The Labute approximate surface area is 233 Å². The zero-order valence-electron chi connectivity index (χ0n) is 24.7.